The van der Waals surface area contributed by atoms with Gasteiger partial charge in [0.25, 0.3) is 0 Å². The van der Waals surface area contributed by atoms with Crippen molar-refractivity contribution in [2.75, 3.05) is 5.75 Å². The van der Waals surface area contributed by atoms with Crippen LogP contribution in [0.2, 0.25) is 0 Å². The van der Waals surface area contributed by atoms with Crippen molar-refractivity contribution in [2.24, 2.45) is 0 Å². The van der Waals surface area contributed by atoms with Gasteiger partial charge in [-0.3, -0.25) is 4.79 Å². The fraction of sp³-hybridized carbons (Fsp3) is 0.520. The molecule has 1 unspecified atom stereocenters. The zero-order chi connectivity index (χ0) is 26.4. The van der Waals surface area contributed by atoms with Crippen LogP contribution >= 0.6 is 11.8 Å². The number of alkyl carbamates (subject to hydrolysis) is 2. The van der Waals surface area contributed by atoms with E-state index in [1.165, 1.54) is 11.8 Å². The number of rotatable bonds is 7. The maximum Gasteiger partial charge on any atom is 0.408 e. The summed E-state index contributed by atoms with van der Waals surface area (Å²) >= 11 is 1.18. The second-order valence-corrected chi connectivity index (χ2v) is 11.4. The first-order valence-electron chi connectivity index (χ1n) is 11.3. The summed E-state index contributed by atoms with van der Waals surface area (Å²) in [6.07, 6.45) is 0.297. The van der Waals surface area contributed by atoms with E-state index in [1.54, 1.807) is 47.6 Å². The monoisotopic (exact) mass is 506 g/mol. The van der Waals surface area contributed by atoms with E-state index in [0.29, 0.717) is 5.57 Å². The van der Waals surface area contributed by atoms with E-state index in [2.05, 4.69) is 10.6 Å². The van der Waals surface area contributed by atoms with E-state index in [9.17, 15) is 24.3 Å². The Balaban J connectivity index is 2.21. The van der Waals surface area contributed by atoms with E-state index in [0.717, 1.165) is 5.56 Å². The largest absolute Gasteiger partial charge is 0.480 e. The number of carboxylic acid groups (broad SMARTS) is 1. The molecule has 3 N–H and O–H groups in total. The molecule has 1 saturated carbocycles. The molecule has 0 aliphatic heterocycles. The predicted octanol–water partition coefficient (Wildman–Crippen LogP) is 4.02. The molecule has 1 aliphatic carbocycles. The molecule has 1 aromatic rings. The first-order valence-corrected chi connectivity index (χ1v) is 12.3. The molecule has 0 radical (unpaired) electrons. The predicted molar refractivity (Wildman–Crippen MR) is 134 cm³/mol. The molecule has 1 fully saturated rings. The average Bonchev–Trinajstić information content (AvgIpc) is 2.97. The second-order valence-electron chi connectivity index (χ2n) is 10.2. The third kappa shape index (κ3) is 9.64. The number of benzene rings is 1. The minimum absolute atomic E-state index is 0.0301. The van der Waals surface area contributed by atoms with Crippen LogP contribution in [-0.4, -0.2) is 63.3 Å². The highest BCUT2D eigenvalue weighted by molar-refractivity contribution is 8.00. The number of thioether (sulfide) groups is 1. The lowest BCUT2D eigenvalue weighted by Crippen LogP contribution is -2.46. The first kappa shape index (κ1) is 28.2. The van der Waals surface area contributed by atoms with Crippen LogP contribution in [0.3, 0.4) is 0 Å². The van der Waals surface area contributed by atoms with Crippen LogP contribution < -0.4 is 10.6 Å². The number of carbonyl (C=O) groups excluding carboxylic acids is 3. The maximum atomic E-state index is 12.9. The van der Waals surface area contributed by atoms with Crippen LogP contribution in [0.4, 0.5) is 9.59 Å². The fourth-order valence-electron chi connectivity index (χ4n) is 3.30. The Morgan fingerprint density at radius 3 is 2.17 bits per heavy atom. The molecule has 1 aliphatic rings. The summed E-state index contributed by atoms with van der Waals surface area (Å²) in [5.41, 5.74) is -0.304. The Morgan fingerprint density at radius 2 is 1.63 bits per heavy atom. The van der Waals surface area contributed by atoms with Gasteiger partial charge in [-0.15, -0.1) is 0 Å². The van der Waals surface area contributed by atoms with Crippen molar-refractivity contribution in [1.29, 1.82) is 0 Å². The van der Waals surface area contributed by atoms with E-state index in [1.807, 2.05) is 30.3 Å². The van der Waals surface area contributed by atoms with Gasteiger partial charge in [0.2, 0.25) is 0 Å². The molecule has 2 rings (SSSR count). The molecule has 0 bridgehead atoms. The fourth-order valence-corrected chi connectivity index (χ4v) is 4.64. The molecule has 192 valence electrons. The van der Waals surface area contributed by atoms with E-state index < -0.39 is 46.7 Å². The van der Waals surface area contributed by atoms with E-state index in [-0.39, 0.29) is 18.0 Å². The molecule has 10 heteroatoms. The summed E-state index contributed by atoms with van der Waals surface area (Å²) in [5.74, 6) is -1.42. The van der Waals surface area contributed by atoms with Crippen molar-refractivity contribution in [3.8, 4) is 0 Å². The van der Waals surface area contributed by atoms with Gasteiger partial charge in [-0.25, -0.2) is 14.4 Å². The minimum atomic E-state index is -1.24. The summed E-state index contributed by atoms with van der Waals surface area (Å²) < 4.78 is 10.5. The Bertz CT molecular complexity index is 964. The van der Waals surface area contributed by atoms with Crippen molar-refractivity contribution >= 4 is 41.8 Å². The number of aliphatic carboxylic acids is 1. The van der Waals surface area contributed by atoms with Crippen molar-refractivity contribution in [1.82, 2.24) is 10.6 Å². The zero-order valence-corrected chi connectivity index (χ0v) is 21.7. The highest BCUT2D eigenvalue weighted by Crippen LogP contribution is 2.34. The normalized spacial score (nSPS) is 20.3. The summed E-state index contributed by atoms with van der Waals surface area (Å²) in [4.78, 5) is 49.3. The Morgan fingerprint density at radius 1 is 1.06 bits per heavy atom. The van der Waals surface area contributed by atoms with Gasteiger partial charge >= 0.3 is 18.2 Å². The second kappa shape index (κ2) is 11.6. The Kier molecular flexibility index (Phi) is 9.37. The van der Waals surface area contributed by atoms with Crippen molar-refractivity contribution in [3.63, 3.8) is 0 Å². The number of ketones is 1. The highest BCUT2D eigenvalue weighted by atomic mass is 32.2. The lowest BCUT2D eigenvalue weighted by Gasteiger charge is -2.26. The van der Waals surface area contributed by atoms with Gasteiger partial charge in [0.05, 0.1) is 6.04 Å². The summed E-state index contributed by atoms with van der Waals surface area (Å²) in [7, 11) is 0. The lowest BCUT2D eigenvalue weighted by molar-refractivity contribution is -0.138. The van der Waals surface area contributed by atoms with Gasteiger partial charge < -0.3 is 25.2 Å². The third-order valence-corrected chi connectivity index (χ3v) is 6.07. The molecular weight excluding hydrogens is 472 g/mol. The van der Waals surface area contributed by atoms with E-state index >= 15 is 0 Å². The van der Waals surface area contributed by atoms with Crippen molar-refractivity contribution < 1.29 is 33.8 Å². The quantitative estimate of drug-likeness (QED) is 0.473. The molecule has 0 saturated heterocycles. The number of carbonyl (C=O) groups is 4. The Hall–Kier alpha value is -3.01. The zero-order valence-electron chi connectivity index (χ0n) is 20.9. The number of hydrogen-bond acceptors (Lipinski definition) is 7. The van der Waals surface area contributed by atoms with Crippen molar-refractivity contribution in [2.45, 2.75) is 76.5 Å². The molecule has 0 heterocycles. The minimum Gasteiger partial charge on any atom is -0.480 e. The number of ether oxygens (including phenoxy) is 2. The number of Topliss-reactive ketones (excluding diaryl/α,β-unsaturated/α-hetero) is 1. The molecule has 2 amide bonds. The number of amides is 2. The maximum absolute atomic E-state index is 12.9. The van der Waals surface area contributed by atoms with Gasteiger partial charge in [-0.05, 0) is 53.2 Å². The third-order valence-electron chi connectivity index (χ3n) is 4.68. The van der Waals surface area contributed by atoms with Crippen LogP contribution in [-0.2, 0) is 19.1 Å². The molecule has 3 atom stereocenters. The van der Waals surface area contributed by atoms with Crippen LogP contribution in [0.5, 0.6) is 0 Å². The first-order chi connectivity index (χ1) is 16.1. The summed E-state index contributed by atoms with van der Waals surface area (Å²) in [5, 5.41) is 14.3. The smallest absolute Gasteiger partial charge is 0.408 e. The summed E-state index contributed by atoms with van der Waals surface area (Å²) in [6.45, 7) is 10.2. The average molecular weight is 507 g/mol. The molecule has 9 nitrogen and oxygen atoms in total. The van der Waals surface area contributed by atoms with Gasteiger partial charge in [0.1, 0.15) is 17.2 Å². The standard InChI is InChI=1S/C25H34N2O7S/c1-24(2,3)33-22(31)26-17(21(29)30)14-35-19-13-18(28)16(12-15-10-8-7-9-11-15)20(19)27-23(32)34-25(4,5)6/h7-12,17,19-20H,13-14H2,1-6H3,(H,26,31)(H,27,32)(H,29,30)/t17-,19?,20+/m0/s1. The van der Waals surface area contributed by atoms with Gasteiger partial charge in [-0.2, -0.15) is 11.8 Å². The Labute approximate surface area is 210 Å². The topological polar surface area (TPSA) is 131 Å². The molecule has 0 spiro atoms. The van der Waals surface area contributed by atoms with Crippen LogP contribution in [0.15, 0.2) is 35.9 Å². The van der Waals surface area contributed by atoms with Crippen molar-refractivity contribution in [3.05, 3.63) is 41.5 Å². The van der Waals surface area contributed by atoms with Crippen LogP contribution in [0.25, 0.3) is 6.08 Å². The number of hydrogen-bond donors (Lipinski definition) is 3. The molecular formula is C25H34N2O7S. The molecule has 35 heavy (non-hydrogen) atoms. The van der Waals surface area contributed by atoms with Gasteiger partial charge in [0.15, 0.2) is 5.78 Å². The highest BCUT2D eigenvalue weighted by Gasteiger charge is 2.40. The summed E-state index contributed by atoms with van der Waals surface area (Å²) in [6, 6.07) is 7.29. The van der Waals surface area contributed by atoms with Gasteiger partial charge in [-0.1, -0.05) is 30.3 Å². The van der Waals surface area contributed by atoms with Crippen LogP contribution in [0, 0.1) is 0 Å². The SMILES string of the molecule is CC(C)(C)OC(=O)N[C@@H](CSC1CC(=O)C(=Cc2ccccc2)[C@H]1NC(=O)OC(C)(C)C)C(=O)O. The van der Waals surface area contributed by atoms with Gasteiger partial charge in [0, 0.05) is 23.0 Å². The lowest BCUT2D eigenvalue weighted by atomic mass is 10.1. The molecule has 0 aromatic heterocycles. The number of carboxylic acids is 1. The number of nitrogens with one attached hydrogen (secondary N) is 2. The van der Waals surface area contributed by atoms with E-state index in [4.69, 9.17) is 9.47 Å². The van der Waals surface area contributed by atoms with Crippen LogP contribution in [0.1, 0.15) is 53.5 Å². The molecule has 1 aromatic carbocycles.